The molecule has 5 N–H and O–H groups in total. The van der Waals surface area contributed by atoms with Crippen LogP contribution in [0.25, 0.3) is 33.3 Å². The summed E-state index contributed by atoms with van der Waals surface area (Å²) in [5, 5.41) is 14.5. The molecule has 1 unspecified atom stereocenters. The smallest absolute Gasteiger partial charge is 0.224 e. The van der Waals surface area contributed by atoms with Crippen molar-refractivity contribution in [3.05, 3.63) is 53.6 Å². The lowest BCUT2D eigenvalue weighted by molar-refractivity contribution is 0.538. The molecule has 1 atom stereocenters. The number of halogens is 2. The van der Waals surface area contributed by atoms with E-state index in [2.05, 4.69) is 41.0 Å². The molecule has 1 fully saturated rings. The standard InChI is InChI=1S/C23H21ClFN7.H3NO2S/c1-26-21-17(8-12-10-29-23(27-2)32-20(12)31-21)15-4-3-5-16(19(15)25)18-9-13(24)11-28-22(18)30-14-6-7-14;1-4(2)3/h3-5,8-11,14H,6-7H2,1-2H3,(H,28,30)(H2,26,27,29,31,32);1H2,(H,2,3)/p-1. The molecule has 188 valence electrons. The van der Waals surface area contributed by atoms with Crippen molar-refractivity contribution in [1.82, 2.24) is 19.9 Å². The highest BCUT2D eigenvalue weighted by Gasteiger charge is 2.24. The molecule has 1 aliphatic rings. The first kappa shape index (κ1) is 25.6. The number of hydrogen-bond acceptors (Lipinski definition) is 9. The quantitative estimate of drug-likeness (QED) is 0.272. The van der Waals surface area contributed by atoms with E-state index in [-0.39, 0.29) is 5.82 Å². The Morgan fingerprint density at radius 2 is 1.69 bits per heavy atom. The number of nitrogens with two attached hydrogens (primary N) is 1. The zero-order valence-electron chi connectivity index (χ0n) is 19.4. The van der Waals surface area contributed by atoms with Crippen LogP contribution in [0.15, 0.2) is 42.7 Å². The van der Waals surface area contributed by atoms with Gasteiger partial charge >= 0.3 is 0 Å². The van der Waals surface area contributed by atoms with Crippen molar-refractivity contribution in [2.75, 3.05) is 30.0 Å². The van der Waals surface area contributed by atoms with E-state index in [1.165, 1.54) is 0 Å². The van der Waals surface area contributed by atoms with E-state index in [1.807, 2.05) is 12.1 Å². The second-order valence-corrected chi connectivity index (χ2v) is 8.84. The molecule has 10 nitrogen and oxygen atoms in total. The largest absolute Gasteiger partial charge is 0.760 e. The Morgan fingerprint density at radius 1 is 1.03 bits per heavy atom. The molecule has 13 heteroatoms. The molecule has 5 rings (SSSR count). The van der Waals surface area contributed by atoms with Gasteiger partial charge in [0.05, 0.1) is 5.02 Å². The van der Waals surface area contributed by atoms with Gasteiger partial charge in [0.15, 0.2) is 5.65 Å². The average molecular weight is 530 g/mol. The molecule has 3 aromatic heterocycles. The van der Waals surface area contributed by atoms with Gasteiger partial charge in [0.25, 0.3) is 0 Å². The second kappa shape index (κ2) is 11.1. The van der Waals surface area contributed by atoms with Gasteiger partial charge in [-0.15, -0.1) is 0 Å². The zero-order valence-corrected chi connectivity index (χ0v) is 21.0. The molecule has 0 spiro atoms. The SMILES string of the molecule is CNc1ncc2cc(-c3cccc(-c4cc(Cl)cnc4NC4CC4)c3F)c(NC)nc2n1.NS(=O)[O-]. The van der Waals surface area contributed by atoms with Gasteiger partial charge in [0, 0.05) is 71.4 Å². The predicted octanol–water partition coefficient (Wildman–Crippen LogP) is 3.94. The summed E-state index contributed by atoms with van der Waals surface area (Å²) in [5.41, 5.74) is 2.60. The number of rotatable bonds is 6. The van der Waals surface area contributed by atoms with E-state index in [4.69, 9.17) is 20.4 Å². The van der Waals surface area contributed by atoms with Crippen LogP contribution < -0.4 is 21.1 Å². The number of nitrogens with zero attached hydrogens (tertiary/aromatic N) is 4. The van der Waals surface area contributed by atoms with Crippen molar-refractivity contribution in [3.63, 3.8) is 0 Å². The van der Waals surface area contributed by atoms with E-state index in [9.17, 15) is 0 Å². The maximum atomic E-state index is 15.9. The minimum Gasteiger partial charge on any atom is -0.760 e. The highest BCUT2D eigenvalue weighted by molar-refractivity contribution is 7.76. The van der Waals surface area contributed by atoms with E-state index in [1.54, 1.807) is 44.7 Å². The zero-order chi connectivity index (χ0) is 25.8. The topological polar surface area (TPSA) is 154 Å². The summed E-state index contributed by atoms with van der Waals surface area (Å²) in [6, 6.07) is 9.25. The van der Waals surface area contributed by atoms with Crippen LogP contribution >= 0.6 is 11.6 Å². The van der Waals surface area contributed by atoms with E-state index in [0.717, 1.165) is 12.8 Å². The lowest BCUT2D eigenvalue weighted by atomic mass is 9.98. The summed E-state index contributed by atoms with van der Waals surface area (Å²) in [7, 11) is 3.49. The molecule has 0 saturated heterocycles. The summed E-state index contributed by atoms with van der Waals surface area (Å²) in [4.78, 5) is 17.6. The average Bonchev–Trinajstić information content (AvgIpc) is 3.68. The van der Waals surface area contributed by atoms with Crippen molar-refractivity contribution in [2.45, 2.75) is 18.9 Å². The fourth-order valence-electron chi connectivity index (χ4n) is 3.61. The third-order valence-electron chi connectivity index (χ3n) is 5.38. The summed E-state index contributed by atoms with van der Waals surface area (Å²) < 4.78 is 33.5. The Balaban J connectivity index is 0.000000709. The molecule has 0 aliphatic heterocycles. The highest BCUT2D eigenvalue weighted by Crippen LogP contribution is 2.39. The molecule has 1 aromatic carbocycles. The molecule has 1 saturated carbocycles. The van der Waals surface area contributed by atoms with Crippen molar-refractivity contribution < 1.29 is 13.2 Å². The highest BCUT2D eigenvalue weighted by atomic mass is 35.5. The molecule has 3 heterocycles. The van der Waals surface area contributed by atoms with Crippen LogP contribution in [0.2, 0.25) is 5.02 Å². The Morgan fingerprint density at radius 3 is 2.31 bits per heavy atom. The first-order chi connectivity index (χ1) is 17.3. The normalized spacial score (nSPS) is 13.5. The minimum atomic E-state index is -2.36. The van der Waals surface area contributed by atoms with Crippen LogP contribution in [0.3, 0.4) is 0 Å². The van der Waals surface area contributed by atoms with Crippen LogP contribution in [0.4, 0.5) is 22.0 Å². The van der Waals surface area contributed by atoms with Gasteiger partial charge < -0.3 is 20.5 Å². The lowest BCUT2D eigenvalue weighted by Crippen LogP contribution is -2.05. The number of nitrogens with one attached hydrogen (secondary N) is 3. The molecular formula is C23H23ClFN8O2S-. The Kier molecular flexibility index (Phi) is 7.89. The van der Waals surface area contributed by atoms with Crippen LogP contribution in [0.5, 0.6) is 0 Å². The maximum absolute atomic E-state index is 15.9. The third kappa shape index (κ3) is 5.85. The Labute approximate surface area is 214 Å². The van der Waals surface area contributed by atoms with Crippen molar-refractivity contribution >= 4 is 51.5 Å². The predicted molar refractivity (Wildman–Crippen MR) is 140 cm³/mol. The molecule has 4 aromatic rings. The van der Waals surface area contributed by atoms with Crippen LogP contribution in [0, 0.1) is 5.82 Å². The van der Waals surface area contributed by atoms with Crippen molar-refractivity contribution in [3.8, 4) is 22.3 Å². The first-order valence-electron chi connectivity index (χ1n) is 10.9. The third-order valence-corrected chi connectivity index (χ3v) is 5.59. The van der Waals surface area contributed by atoms with E-state index in [0.29, 0.717) is 61.9 Å². The van der Waals surface area contributed by atoms with Gasteiger partial charge in [-0.2, -0.15) is 4.98 Å². The van der Waals surface area contributed by atoms with Gasteiger partial charge in [0.1, 0.15) is 17.5 Å². The molecule has 0 bridgehead atoms. The molecule has 0 amide bonds. The number of hydrogen-bond donors (Lipinski definition) is 4. The van der Waals surface area contributed by atoms with Crippen LogP contribution in [0.1, 0.15) is 12.8 Å². The molecule has 0 radical (unpaired) electrons. The number of pyridine rings is 2. The number of anilines is 3. The Hall–Kier alpha value is -3.45. The summed E-state index contributed by atoms with van der Waals surface area (Å²) in [5.74, 6) is 1.25. The second-order valence-electron chi connectivity index (χ2n) is 7.89. The van der Waals surface area contributed by atoms with Crippen LogP contribution in [-0.2, 0) is 11.3 Å². The monoisotopic (exact) mass is 529 g/mol. The minimum absolute atomic E-state index is 0.372. The summed E-state index contributed by atoms with van der Waals surface area (Å²) >= 11 is 3.85. The van der Waals surface area contributed by atoms with Gasteiger partial charge in [-0.1, -0.05) is 29.8 Å². The number of aromatic nitrogens is 4. The fourth-order valence-corrected chi connectivity index (χ4v) is 3.77. The van der Waals surface area contributed by atoms with Gasteiger partial charge in [-0.25, -0.2) is 19.3 Å². The Bertz CT molecular complexity index is 1430. The molecule has 36 heavy (non-hydrogen) atoms. The van der Waals surface area contributed by atoms with Gasteiger partial charge in [0.2, 0.25) is 5.95 Å². The number of benzene rings is 1. The van der Waals surface area contributed by atoms with Crippen LogP contribution in [-0.4, -0.2) is 48.8 Å². The molecule has 1 aliphatic carbocycles. The molecular weight excluding hydrogens is 507 g/mol. The first-order valence-corrected chi connectivity index (χ1v) is 12.4. The van der Waals surface area contributed by atoms with Crippen molar-refractivity contribution in [1.29, 1.82) is 0 Å². The fraction of sp³-hybridized carbons (Fsp3) is 0.217. The van der Waals surface area contributed by atoms with E-state index < -0.39 is 11.3 Å². The number of fused-ring (bicyclic) bond motifs is 1. The van der Waals surface area contributed by atoms with Gasteiger partial charge in [-0.3, -0.25) is 9.35 Å². The van der Waals surface area contributed by atoms with E-state index >= 15 is 4.39 Å². The maximum Gasteiger partial charge on any atom is 0.224 e. The van der Waals surface area contributed by atoms with Gasteiger partial charge in [-0.05, 0) is 25.0 Å². The lowest BCUT2D eigenvalue weighted by Gasteiger charge is -2.15. The summed E-state index contributed by atoms with van der Waals surface area (Å²) in [6.07, 6.45) is 5.41. The summed E-state index contributed by atoms with van der Waals surface area (Å²) in [6.45, 7) is 0. The van der Waals surface area contributed by atoms with Crippen molar-refractivity contribution in [2.24, 2.45) is 5.14 Å².